The van der Waals surface area contributed by atoms with Crippen molar-refractivity contribution in [3.63, 3.8) is 0 Å². The summed E-state index contributed by atoms with van der Waals surface area (Å²) in [5.41, 5.74) is -0.218. The maximum atomic E-state index is 12.4. The molecule has 124 valence electrons. The normalized spacial score (nSPS) is 12.3. The number of rotatable bonds is 4. The first-order valence-electron chi connectivity index (χ1n) is 6.73. The third kappa shape index (κ3) is 4.91. The third-order valence-electron chi connectivity index (χ3n) is 3.24. The van der Waals surface area contributed by atoms with Gasteiger partial charge in [-0.2, -0.15) is 26.3 Å². The molecule has 0 unspecified atom stereocenters. The van der Waals surface area contributed by atoms with Crippen LogP contribution in [0.4, 0.5) is 32.0 Å². The summed E-state index contributed by atoms with van der Waals surface area (Å²) in [4.78, 5) is 0. The van der Waals surface area contributed by atoms with E-state index in [1.54, 1.807) is 0 Å². The van der Waals surface area contributed by atoms with Gasteiger partial charge < -0.3 is 5.32 Å². The van der Waals surface area contributed by atoms with Crippen molar-refractivity contribution in [3.8, 4) is 0 Å². The summed E-state index contributed by atoms with van der Waals surface area (Å²) >= 11 is 0. The van der Waals surface area contributed by atoms with E-state index < -0.39 is 23.5 Å². The number of benzene rings is 2. The van der Waals surface area contributed by atoms with Crippen molar-refractivity contribution in [2.45, 2.75) is 18.8 Å². The molecule has 1 N–H and O–H groups in total. The Kier molecular flexibility index (Phi) is 4.87. The lowest BCUT2D eigenvalue weighted by molar-refractivity contribution is -0.138. The molecule has 0 fully saturated rings. The molecule has 0 atom stereocenters. The lowest BCUT2D eigenvalue weighted by atomic mass is 10.1. The summed E-state index contributed by atoms with van der Waals surface area (Å²) < 4.78 is 74.5. The molecule has 2 aromatic carbocycles. The quantitative estimate of drug-likeness (QED) is 0.741. The summed E-state index contributed by atoms with van der Waals surface area (Å²) in [5, 5.41) is 2.93. The largest absolute Gasteiger partial charge is 0.416 e. The van der Waals surface area contributed by atoms with Crippen molar-refractivity contribution in [2.75, 3.05) is 11.9 Å². The van der Waals surface area contributed by atoms with E-state index in [4.69, 9.17) is 0 Å². The molecule has 0 aliphatic rings. The SMILES string of the molecule is FC(F)(F)c1ccc(CCNc2ccc(C(F)(F)F)cc2)cc1. The number of halogens is 6. The standard InChI is InChI=1S/C16H13F6N/c17-15(18,19)12-3-1-11(2-4-12)9-10-23-14-7-5-13(6-8-14)16(20,21)22/h1-8,23H,9-10H2. The van der Waals surface area contributed by atoms with Crippen LogP contribution >= 0.6 is 0 Å². The molecule has 0 amide bonds. The number of nitrogens with one attached hydrogen (secondary N) is 1. The lowest BCUT2D eigenvalue weighted by Crippen LogP contribution is -2.08. The van der Waals surface area contributed by atoms with E-state index in [0.717, 1.165) is 24.3 Å². The zero-order valence-corrected chi connectivity index (χ0v) is 11.8. The van der Waals surface area contributed by atoms with Gasteiger partial charge in [-0.25, -0.2) is 0 Å². The summed E-state index contributed by atoms with van der Waals surface area (Å²) in [6, 6.07) is 9.36. The predicted octanol–water partition coefficient (Wildman–Crippen LogP) is 5.38. The van der Waals surface area contributed by atoms with Gasteiger partial charge in [0.1, 0.15) is 0 Å². The van der Waals surface area contributed by atoms with Gasteiger partial charge >= 0.3 is 12.4 Å². The van der Waals surface area contributed by atoms with E-state index >= 15 is 0 Å². The molecule has 0 aromatic heterocycles. The summed E-state index contributed by atoms with van der Waals surface area (Å²) in [7, 11) is 0. The summed E-state index contributed by atoms with van der Waals surface area (Å²) in [6.07, 6.45) is -8.28. The zero-order chi connectivity index (χ0) is 17.1. The van der Waals surface area contributed by atoms with Gasteiger partial charge in [-0.05, 0) is 48.4 Å². The van der Waals surface area contributed by atoms with E-state index in [1.165, 1.54) is 24.3 Å². The monoisotopic (exact) mass is 333 g/mol. The topological polar surface area (TPSA) is 12.0 Å². The van der Waals surface area contributed by atoms with Crippen LogP contribution in [-0.2, 0) is 18.8 Å². The van der Waals surface area contributed by atoms with Crippen LogP contribution in [-0.4, -0.2) is 6.54 Å². The maximum Gasteiger partial charge on any atom is 0.416 e. The minimum atomic E-state index is -4.38. The molecule has 0 saturated heterocycles. The molecule has 0 spiro atoms. The maximum absolute atomic E-state index is 12.4. The number of hydrogen-bond donors (Lipinski definition) is 1. The molecule has 23 heavy (non-hydrogen) atoms. The highest BCUT2D eigenvalue weighted by atomic mass is 19.4. The van der Waals surface area contributed by atoms with Gasteiger partial charge in [0, 0.05) is 12.2 Å². The summed E-state index contributed by atoms with van der Waals surface area (Å²) in [5.74, 6) is 0. The average Bonchev–Trinajstić information content (AvgIpc) is 2.46. The van der Waals surface area contributed by atoms with E-state index in [2.05, 4.69) is 5.32 Å². The van der Waals surface area contributed by atoms with Crippen molar-refractivity contribution in [3.05, 3.63) is 65.2 Å². The number of hydrogen-bond acceptors (Lipinski definition) is 1. The van der Waals surface area contributed by atoms with Crippen molar-refractivity contribution in [1.82, 2.24) is 0 Å². The second-order valence-electron chi connectivity index (χ2n) is 4.95. The Hall–Kier alpha value is -2.18. The third-order valence-corrected chi connectivity index (χ3v) is 3.24. The first kappa shape index (κ1) is 17.2. The average molecular weight is 333 g/mol. The van der Waals surface area contributed by atoms with Crippen LogP contribution < -0.4 is 5.32 Å². The van der Waals surface area contributed by atoms with Crippen LogP contribution in [0.5, 0.6) is 0 Å². The molecular weight excluding hydrogens is 320 g/mol. The van der Waals surface area contributed by atoms with E-state index in [1.807, 2.05) is 0 Å². The fraction of sp³-hybridized carbons (Fsp3) is 0.250. The van der Waals surface area contributed by atoms with Gasteiger partial charge in [-0.3, -0.25) is 0 Å². The molecule has 1 nitrogen and oxygen atoms in total. The second-order valence-corrected chi connectivity index (χ2v) is 4.95. The predicted molar refractivity (Wildman–Crippen MR) is 75.1 cm³/mol. The first-order chi connectivity index (χ1) is 10.7. The van der Waals surface area contributed by atoms with Gasteiger partial charge in [0.2, 0.25) is 0 Å². The minimum absolute atomic E-state index is 0.400. The fourth-order valence-corrected chi connectivity index (χ4v) is 1.99. The molecule has 0 bridgehead atoms. The Morgan fingerprint density at radius 1 is 0.652 bits per heavy atom. The molecule has 0 aliphatic carbocycles. The van der Waals surface area contributed by atoms with Crippen molar-refractivity contribution >= 4 is 5.69 Å². The van der Waals surface area contributed by atoms with Crippen LogP contribution in [0.1, 0.15) is 16.7 Å². The molecule has 0 aliphatic heterocycles. The molecule has 2 rings (SSSR count). The molecule has 2 aromatic rings. The number of anilines is 1. The van der Waals surface area contributed by atoms with E-state index in [-0.39, 0.29) is 0 Å². The fourth-order valence-electron chi connectivity index (χ4n) is 1.99. The van der Waals surface area contributed by atoms with Crippen LogP contribution in [0.25, 0.3) is 0 Å². The second kappa shape index (κ2) is 6.52. The van der Waals surface area contributed by atoms with Gasteiger partial charge in [0.15, 0.2) is 0 Å². The zero-order valence-electron chi connectivity index (χ0n) is 11.8. The van der Waals surface area contributed by atoms with Gasteiger partial charge in [-0.1, -0.05) is 12.1 Å². The van der Waals surface area contributed by atoms with Gasteiger partial charge in [0.05, 0.1) is 11.1 Å². The van der Waals surface area contributed by atoms with Crippen LogP contribution in [0.15, 0.2) is 48.5 Å². The van der Waals surface area contributed by atoms with Crippen molar-refractivity contribution in [2.24, 2.45) is 0 Å². The molecular formula is C16H13F6N. The molecule has 0 saturated carbocycles. The Bertz CT molecular complexity index is 568. The van der Waals surface area contributed by atoms with Gasteiger partial charge in [-0.15, -0.1) is 0 Å². The Labute approximate surface area is 128 Å². The summed E-state index contributed by atoms with van der Waals surface area (Å²) in [6.45, 7) is 0.400. The highest BCUT2D eigenvalue weighted by Gasteiger charge is 2.30. The van der Waals surface area contributed by atoms with E-state index in [9.17, 15) is 26.3 Å². The van der Waals surface area contributed by atoms with Gasteiger partial charge in [0.25, 0.3) is 0 Å². The van der Waals surface area contributed by atoms with Crippen molar-refractivity contribution in [1.29, 1.82) is 0 Å². The highest BCUT2D eigenvalue weighted by Crippen LogP contribution is 2.30. The molecule has 7 heteroatoms. The van der Waals surface area contributed by atoms with Crippen LogP contribution in [0.3, 0.4) is 0 Å². The van der Waals surface area contributed by atoms with Crippen LogP contribution in [0.2, 0.25) is 0 Å². The molecule has 0 heterocycles. The van der Waals surface area contributed by atoms with Crippen molar-refractivity contribution < 1.29 is 26.3 Å². The van der Waals surface area contributed by atoms with Crippen LogP contribution in [0, 0.1) is 0 Å². The lowest BCUT2D eigenvalue weighted by Gasteiger charge is -2.10. The highest BCUT2D eigenvalue weighted by molar-refractivity contribution is 5.45. The Balaban J connectivity index is 1.87. The Morgan fingerprint density at radius 3 is 1.52 bits per heavy atom. The minimum Gasteiger partial charge on any atom is -0.385 e. The Morgan fingerprint density at radius 2 is 1.09 bits per heavy atom. The number of alkyl halides is 6. The first-order valence-corrected chi connectivity index (χ1v) is 6.73. The van der Waals surface area contributed by atoms with E-state index in [0.29, 0.717) is 24.2 Å². The smallest absolute Gasteiger partial charge is 0.385 e. The molecule has 0 radical (unpaired) electrons.